The summed E-state index contributed by atoms with van der Waals surface area (Å²) < 4.78 is 33.2. The lowest BCUT2D eigenvalue weighted by Crippen LogP contribution is -2.63. The Morgan fingerprint density at radius 1 is 0.343 bits per heavy atom. The number of esters is 5. The second-order valence-electron chi connectivity index (χ2n) is 14.0. The highest BCUT2D eigenvalue weighted by molar-refractivity contribution is 5.94. The van der Waals surface area contributed by atoms with Crippen LogP contribution in [0, 0.1) is 0 Å². The van der Waals surface area contributed by atoms with Gasteiger partial charge in [0.2, 0.25) is 12.4 Å². The Morgan fingerprint density at radius 2 is 0.582 bits per heavy atom. The average Bonchev–Trinajstić information content (AvgIpc) is 3.27. The van der Waals surface area contributed by atoms with Crippen molar-refractivity contribution in [3.63, 3.8) is 0 Å². The topological polar surface area (TPSA) is 444 Å². The van der Waals surface area contributed by atoms with E-state index in [9.17, 15) is 101 Å². The van der Waals surface area contributed by atoms with Gasteiger partial charge in [0, 0.05) is 0 Å². The predicted octanol–water partition coefficient (Wildman–Crippen LogP) is 1.69. The summed E-state index contributed by atoms with van der Waals surface area (Å²) in [6.07, 6.45) is -12.2. The number of hydrogen-bond acceptors (Lipinski definition) is 26. The molecule has 67 heavy (non-hydrogen) atoms. The lowest BCUT2D eigenvalue weighted by Gasteiger charge is -2.43. The fourth-order valence-electron chi connectivity index (χ4n) is 6.11. The van der Waals surface area contributed by atoms with Crippen LogP contribution in [0.25, 0.3) is 0 Å². The highest BCUT2D eigenvalue weighted by Gasteiger charge is 2.55. The van der Waals surface area contributed by atoms with Gasteiger partial charge in [-0.05, 0) is 60.7 Å². The molecule has 352 valence electrons. The number of benzene rings is 5. The van der Waals surface area contributed by atoms with E-state index in [1.165, 1.54) is 0 Å². The molecular weight excluding hydrogens is 908 g/mol. The Balaban J connectivity index is 1.52. The Morgan fingerprint density at radius 3 is 0.881 bits per heavy atom. The molecule has 0 spiro atoms. The Hall–Kier alpha value is -9.59. The third-order valence-corrected chi connectivity index (χ3v) is 9.45. The summed E-state index contributed by atoms with van der Waals surface area (Å²) in [6.45, 7) is -1.25. The number of carbonyl (C=O) groups excluding carboxylic acids is 5. The highest BCUT2D eigenvalue weighted by atomic mass is 16.7. The molecule has 1 fully saturated rings. The fraction of sp³-hybridized carbons (Fsp3) is 0.146. The van der Waals surface area contributed by atoms with Crippen LogP contribution in [0.4, 0.5) is 0 Å². The van der Waals surface area contributed by atoms with Gasteiger partial charge in [-0.15, -0.1) is 0 Å². The van der Waals surface area contributed by atoms with Gasteiger partial charge in [0.25, 0.3) is 0 Å². The molecule has 0 bridgehead atoms. The summed E-state index contributed by atoms with van der Waals surface area (Å²) in [7, 11) is 0. The van der Waals surface area contributed by atoms with E-state index in [0.717, 1.165) is 0 Å². The van der Waals surface area contributed by atoms with Gasteiger partial charge >= 0.3 is 29.8 Å². The van der Waals surface area contributed by atoms with Crippen molar-refractivity contribution < 1.29 is 129 Å². The molecule has 26 heteroatoms. The van der Waals surface area contributed by atoms with Gasteiger partial charge in [-0.2, -0.15) is 0 Å². The quantitative estimate of drug-likeness (QED) is 0.0509. The van der Waals surface area contributed by atoms with Gasteiger partial charge in [0.15, 0.2) is 98.5 Å². The molecule has 6 rings (SSSR count). The zero-order chi connectivity index (χ0) is 49.3. The third kappa shape index (κ3) is 9.67. The lowest BCUT2D eigenvalue weighted by molar-refractivity contribution is -0.282. The second-order valence-corrected chi connectivity index (χ2v) is 14.0. The van der Waals surface area contributed by atoms with Gasteiger partial charge < -0.3 is 105 Å². The average molecular weight is 941 g/mol. The molecule has 5 atom stereocenters. The Bertz CT molecular complexity index is 2720. The Kier molecular flexibility index (Phi) is 12.8. The highest BCUT2D eigenvalue weighted by Crippen LogP contribution is 2.41. The molecule has 0 unspecified atom stereocenters. The maximum Gasteiger partial charge on any atom is 0.340 e. The van der Waals surface area contributed by atoms with E-state index in [-0.39, 0.29) is 0 Å². The minimum atomic E-state index is -2.56. The molecule has 5 aromatic rings. The minimum Gasteiger partial charge on any atom is -0.504 e. The predicted molar refractivity (Wildman–Crippen MR) is 209 cm³/mol. The first-order valence-corrected chi connectivity index (χ1v) is 18.4. The van der Waals surface area contributed by atoms with E-state index < -0.39 is 181 Å². The normalized spacial score (nSPS) is 17.7. The lowest BCUT2D eigenvalue weighted by atomic mass is 9.97. The SMILES string of the molecule is O=C(OC[C@H]1O[C@H](OC(=O)c2cc(O)c(O)c(O)c2)[C@H](OC(=O)c2cc(O)c(O)c(O)c2)[C@@H](OC(=O)c2cc(O)c(O)c(O)c2)[C@@H]1OC(=O)c1cc(O)c(O)c(O)c1)c1cc(O)c(O)c(O)c1. The number of aromatic hydroxyl groups is 15. The van der Waals surface area contributed by atoms with Crippen molar-refractivity contribution in [2.75, 3.05) is 6.61 Å². The molecule has 0 saturated carbocycles. The molecule has 1 saturated heterocycles. The zero-order valence-corrected chi connectivity index (χ0v) is 33.1. The van der Waals surface area contributed by atoms with Crippen LogP contribution in [0.1, 0.15) is 51.8 Å². The summed E-state index contributed by atoms with van der Waals surface area (Å²) in [5.74, 6) is -24.5. The molecular formula is C41H32O26. The number of hydrogen-bond donors (Lipinski definition) is 15. The molecule has 15 N–H and O–H groups in total. The number of rotatable bonds is 11. The molecule has 0 radical (unpaired) electrons. The molecule has 1 heterocycles. The van der Waals surface area contributed by atoms with Crippen LogP contribution in [0.15, 0.2) is 60.7 Å². The van der Waals surface area contributed by atoms with Crippen molar-refractivity contribution >= 4 is 29.8 Å². The second kappa shape index (κ2) is 18.3. The van der Waals surface area contributed by atoms with Crippen LogP contribution >= 0.6 is 0 Å². The first-order chi connectivity index (χ1) is 31.4. The minimum absolute atomic E-state index is 0.534. The van der Waals surface area contributed by atoms with Crippen LogP contribution in [0.2, 0.25) is 0 Å². The van der Waals surface area contributed by atoms with Crippen LogP contribution in [-0.2, 0) is 28.4 Å². The van der Waals surface area contributed by atoms with Gasteiger partial charge in [-0.25, -0.2) is 24.0 Å². The van der Waals surface area contributed by atoms with Crippen LogP contribution in [0.5, 0.6) is 86.2 Å². The molecule has 5 aromatic carbocycles. The van der Waals surface area contributed by atoms with Crippen molar-refractivity contribution in [3.8, 4) is 86.2 Å². The number of carbonyl (C=O) groups is 5. The largest absolute Gasteiger partial charge is 0.504 e. The first-order valence-electron chi connectivity index (χ1n) is 18.4. The van der Waals surface area contributed by atoms with E-state index in [4.69, 9.17) is 28.4 Å². The van der Waals surface area contributed by atoms with Gasteiger partial charge in [-0.3, -0.25) is 0 Å². The van der Waals surface area contributed by atoms with Crippen molar-refractivity contribution in [2.24, 2.45) is 0 Å². The zero-order valence-electron chi connectivity index (χ0n) is 33.1. The van der Waals surface area contributed by atoms with E-state index >= 15 is 0 Å². The van der Waals surface area contributed by atoms with Crippen LogP contribution in [0.3, 0.4) is 0 Å². The summed E-state index contributed by atoms with van der Waals surface area (Å²) in [5, 5.41) is 150. The number of phenolic OH excluding ortho intramolecular Hbond substituents is 15. The molecule has 0 aromatic heterocycles. The van der Waals surface area contributed by atoms with E-state index in [1.54, 1.807) is 0 Å². The maximum atomic E-state index is 13.9. The maximum absolute atomic E-state index is 13.9. The molecule has 26 nitrogen and oxygen atoms in total. The van der Waals surface area contributed by atoms with E-state index in [2.05, 4.69) is 0 Å². The summed E-state index contributed by atoms with van der Waals surface area (Å²) in [4.78, 5) is 68.5. The molecule has 0 amide bonds. The summed E-state index contributed by atoms with van der Waals surface area (Å²) >= 11 is 0. The van der Waals surface area contributed by atoms with Crippen molar-refractivity contribution in [1.29, 1.82) is 0 Å². The van der Waals surface area contributed by atoms with Crippen molar-refractivity contribution in [3.05, 3.63) is 88.5 Å². The fourth-order valence-corrected chi connectivity index (χ4v) is 6.11. The summed E-state index contributed by atoms with van der Waals surface area (Å²) in [6, 6.07) is 5.60. The van der Waals surface area contributed by atoms with Crippen LogP contribution in [-0.4, -0.2) is 144 Å². The van der Waals surface area contributed by atoms with E-state index in [1.807, 2.05) is 0 Å². The first kappa shape index (κ1) is 46.9. The van der Waals surface area contributed by atoms with Gasteiger partial charge in [-0.1, -0.05) is 0 Å². The van der Waals surface area contributed by atoms with Gasteiger partial charge in [0.1, 0.15) is 12.7 Å². The van der Waals surface area contributed by atoms with Gasteiger partial charge in [0.05, 0.1) is 27.8 Å². The molecule has 0 aliphatic carbocycles. The third-order valence-electron chi connectivity index (χ3n) is 9.45. The van der Waals surface area contributed by atoms with Crippen LogP contribution < -0.4 is 0 Å². The molecule has 1 aliphatic heterocycles. The number of ether oxygens (including phenoxy) is 6. The monoisotopic (exact) mass is 940 g/mol. The standard InChI is InChI=1S/C41H32O26/c42-17-1-12(2-18(43)28(17)52)36(57)62-11-27-33(64-37(58)13-3-19(44)29(53)20(45)4-13)34(65-38(59)14-5-21(46)30(54)22(47)6-14)35(66-39(60)15-7-23(48)31(55)24(49)8-15)41(63-27)67-40(61)16-9-25(50)32(56)26(51)10-16/h1-10,27,33-35,41-56H,11H2/t27-,33-,34+,35-,41-/m1/s1. The Labute approximate surface area is 370 Å². The van der Waals surface area contributed by atoms with Crippen molar-refractivity contribution in [1.82, 2.24) is 0 Å². The smallest absolute Gasteiger partial charge is 0.340 e. The summed E-state index contributed by atoms with van der Waals surface area (Å²) in [5.41, 5.74) is -3.88. The van der Waals surface area contributed by atoms with Crippen molar-refractivity contribution in [2.45, 2.75) is 30.7 Å². The van der Waals surface area contributed by atoms with E-state index in [0.29, 0.717) is 60.7 Å². The number of phenols is 15. The molecule has 1 aliphatic rings.